The third-order valence-electron chi connectivity index (χ3n) is 3.65. The van der Waals surface area contributed by atoms with Crippen molar-refractivity contribution in [3.8, 4) is 5.75 Å². The number of halogens is 1. The minimum atomic E-state index is -1.01. The van der Waals surface area contributed by atoms with Gasteiger partial charge in [-0.05, 0) is 35.7 Å². The van der Waals surface area contributed by atoms with Gasteiger partial charge in [-0.3, -0.25) is 9.59 Å². The fourth-order valence-electron chi connectivity index (χ4n) is 2.50. The molecule has 0 aliphatic carbocycles. The maximum absolute atomic E-state index is 12.0. The largest absolute Gasteiger partial charge is 0.488 e. The molecule has 0 atom stereocenters. The maximum atomic E-state index is 12.0. The molecule has 0 aliphatic rings. The summed E-state index contributed by atoms with van der Waals surface area (Å²) < 4.78 is 5.94. The summed E-state index contributed by atoms with van der Waals surface area (Å²) in [6.07, 6.45) is 1.49. The number of benzene rings is 2. The number of fused-ring (bicyclic) bond motifs is 1. The van der Waals surface area contributed by atoms with Crippen LogP contribution < -0.4 is 4.74 Å². The van der Waals surface area contributed by atoms with Crippen molar-refractivity contribution in [1.29, 1.82) is 0 Å². The summed E-state index contributed by atoms with van der Waals surface area (Å²) in [6, 6.07) is 13.5. The molecule has 0 fully saturated rings. The molecular formula is C18H14ClNO3. The number of aromatic amines is 1. The summed E-state index contributed by atoms with van der Waals surface area (Å²) in [5, 5.41) is -0.429. The molecule has 3 aromatic rings. The minimum Gasteiger partial charge on any atom is -0.488 e. The molecule has 3 rings (SSSR count). The first-order chi connectivity index (χ1) is 11.1. The number of ether oxygens (including phenoxy) is 1. The van der Waals surface area contributed by atoms with Crippen molar-refractivity contribution in [2.45, 2.75) is 13.5 Å². The average Bonchev–Trinajstić information content (AvgIpc) is 2.98. The maximum Gasteiger partial charge on any atom is 0.293 e. The number of nitrogens with one attached hydrogen (secondary N) is 1. The highest BCUT2D eigenvalue weighted by atomic mass is 35.5. The number of hydrogen-bond donors (Lipinski definition) is 1. The molecule has 116 valence electrons. The van der Waals surface area contributed by atoms with Crippen LogP contribution in [0.25, 0.3) is 10.9 Å². The van der Waals surface area contributed by atoms with Gasteiger partial charge in [0.15, 0.2) is 0 Å². The summed E-state index contributed by atoms with van der Waals surface area (Å²) in [5.41, 5.74) is 2.84. The number of carbonyl (C=O) groups is 2. The Labute approximate surface area is 138 Å². The second-order valence-corrected chi connectivity index (χ2v) is 5.56. The van der Waals surface area contributed by atoms with Gasteiger partial charge < -0.3 is 9.72 Å². The van der Waals surface area contributed by atoms with Crippen LogP contribution in [-0.4, -0.2) is 16.0 Å². The van der Waals surface area contributed by atoms with E-state index in [-0.39, 0.29) is 5.56 Å². The fourth-order valence-corrected chi connectivity index (χ4v) is 2.60. The second kappa shape index (κ2) is 6.26. The van der Waals surface area contributed by atoms with Gasteiger partial charge in [-0.15, -0.1) is 0 Å². The Morgan fingerprint density at radius 2 is 1.87 bits per heavy atom. The van der Waals surface area contributed by atoms with E-state index in [0.717, 1.165) is 16.6 Å². The molecule has 0 saturated carbocycles. The molecular weight excluding hydrogens is 314 g/mol. The average molecular weight is 328 g/mol. The van der Waals surface area contributed by atoms with Crippen LogP contribution in [0.4, 0.5) is 0 Å². The first-order valence-electron chi connectivity index (χ1n) is 7.09. The predicted octanol–water partition coefficient (Wildman–Crippen LogP) is 4.00. The summed E-state index contributed by atoms with van der Waals surface area (Å²) in [7, 11) is 0. The van der Waals surface area contributed by atoms with Crippen LogP contribution >= 0.6 is 11.6 Å². The van der Waals surface area contributed by atoms with Crippen LogP contribution in [-0.2, 0) is 11.4 Å². The highest BCUT2D eigenvalue weighted by Gasteiger charge is 2.21. The van der Waals surface area contributed by atoms with Crippen molar-refractivity contribution in [3.05, 3.63) is 65.4 Å². The molecule has 1 heterocycles. The zero-order valence-electron chi connectivity index (χ0n) is 12.4. The van der Waals surface area contributed by atoms with Gasteiger partial charge in [0.25, 0.3) is 5.24 Å². The first kappa shape index (κ1) is 15.3. The lowest BCUT2D eigenvalue weighted by atomic mass is 10.1. The Hall–Kier alpha value is -2.59. The number of hydrogen-bond acceptors (Lipinski definition) is 3. The standard InChI is InChI=1S/C18H14ClNO3/c1-11-7-8-14-15(13(9-20-14)16(21)18(19)22)17(11)23-10-12-5-3-2-4-6-12/h2-9,20H,10H2,1H3. The van der Waals surface area contributed by atoms with Gasteiger partial charge in [0.05, 0.1) is 10.9 Å². The van der Waals surface area contributed by atoms with Crippen molar-refractivity contribution in [1.82, 2.24) is 4.98 Å². The van der Waals surface area contributed by atoms with E-state index < -0.39 is 11.0 Å². The van der Waals surface area contributed by atoms with Crippen LogP contribution in [0.2, 0.25) is 0 Å². The minimum absolute atomic E-state index is 0.228. The summed E-state index contributed by atoms with van der Waals surface area (Å²) >= 11 is 5.34. The zero-order valence-corrected chi connectivity index (χ0v) is 13.2. The molecule has 2 aromatic carbocycles. The smallest absolute Gasteiger partial charge is 0.293 e. The van der Waals surface area contributed by atoms with Crippen molar-refractivity contribution in [3.63, 3.8) is 0 Å². The Balaban J connectivity index is 2.04. The number of rotatable bonds is 5. The molecule has 0 unspecified atom stereocenters. The Bertz CT molecular complexity index is 884. The molecule has 1 N–H and O–H groups in total. The van der Waals surface area contributed by atoms with Crippen molar-refractivity contribution in [2.75, 3.05) is 0 Å². The van der Waals surface area contributed by atoms with Gasteiger partial charge in [0, 0.05) is 11.7 Å². The lowest BCUT2D eigenvalue weighted by molar-refractivity contribution is -0.108. The number of aromatic nitrogens is 1. The molecule has 4 nitrogen and oxygen atoms in total. The lowest BCUT2D eigenvalue weighted by Gasteiger charge is -2.11. The number of aryl methyl sites for hydroxylation is 1. The van der Waals surface area contributed by atoms with Gasteiger partial charge in [0.2, 0.25) is 5.78 Å². The second-order valence-electron chi connectivity index (χ2n) is 5.21. The topological polar surface area (TPSA) is 59.2 Å². The van der Waals surface area contributed by atoms with E-state index in [1.54, 1.807) is 0 Å². The van der Waals surface area contributed by atoms with Crippen molar-refractivity contribution >= 4 is 33.5 Å². The van der Waals surface area contributed by atoms with Crippen LogP contribution in [0.15, 0.2) is 48.7 Å². The Morgan fingerprint density at radius 1 is 1.13 bits per heavy atom. The molecule has 1 aromatic heterocycles. The molecule has 23 heavy (non-hydrogen) atoms. The van der Waals surface area contributed by atoms with Crippen molar-refractivity contribution in [2.24, 2.45) is 0 Å². The van der Waals surface area contributed by atoms with Gasteiger partial charge in [0.1, 0.15) is 12.4 Å². The molecule has 0 spiro atoms. The molecule has 0 saturated heterocycles. The highest BCUT2D eigenvalue weighted by Crippen LogP contribution is 2.33. The van der Waals surface area contributed by atoms with E-state index in [1.165, 1.54) is 6.20 Å². The molecule has 0 amide bonds. The highest BCUT2D eigenvalue weighted by molar-refractivity contribution is 6.83. The van der Waals surface area contributed by atoms with E-state index in [0.29, 0.717) is 17.7 Å². The van der Waals surface area contributed by atoms with Gasteiger partial charge >= 0.3 is 0 Å². The van der Waals surface area contributed by atoms with Crippen LogP contribution in [0.5, 0.6) is 5.75 Å². The Morgan fingerprint density at radius 3 is 2.57 bits per heavy atom. The summed E-state index contributed by atoms with van der Waals surface area (Å²) in [5.74, 6) is -0.165. The molecule has 0 radical (unpaired) electrons. The van der Waals surface area contributed by atoms with Gasteiger partial charge in [-0.2, -0.15) is 0 Å². The fraction of sp³-hybridized carbons (Fsp3) is 0.111. The summed E-state index contributed by atoms with van der Waals surface area (Å²) in [6.45, 7) is 2.26. The Kier molecular flexibility index (Phi) is 4.17. The number of carbonyl (C=O) groups excluding carboxylic acids is 2. The SMILES string of the molecule is Cc1ccc2[nH]cc(C(=O)C(=O)Cl)c2c1OCc1ccccc1. The van der Waals surface area contributed by atoms with Crippen LogP contribution in [0.3, 0.4) is 0 Å². The third kappa shape index (κ3) is 2.98. The zero-order chi connectivity index (χ0) is 16.4. The molecule has 0 aliphatic heterocycles. The summed E-state index contributed by atoms with van der Waals surface area (Å²) in [4.78, 5) is 26.2. The van der Waals surface area contributed by atoms with E-state index in [1.807, 2.05) is 49.4 Å². The number of H-pyrrole nitrogens is 1. The number of Topliss-reactive ketones (excluding diaryl/α,β-unsaturated/α-hetero) is 1. The number of ketones is 1. The van der Waals surface area contributed by atoms with Gasteiger partial charge in [-0.1, -0.05) is 36.4 Å². The normalized spacial score (nSPS) is 10.7. The predicted molar refractivity (Wildman–Crippen MR) is 89.0 cm³/mol. The monoisotopic (exact) mass is 327 g/mol. The van der Waals surface area contributed by atoms with E-state index in [2.05, 4.69) is 4.98 Å². The molecule has 5 heteroatoms. The van der Waals surface area contributed by atoms with E-state index >= 15 is 0 Å². The third-order valence-corrected chi connectivity index (χ3v) is 3.82. The van der Waals surface area contributed by atoms with Gasteiger partial charge in [-0.25, -0.2) is 0 Å². The first-order valence-corrected chi connectivity index (χ1v) is 7.47. The van der Waals surface area contributed by atoms with Crippen LogP contribution in [0.1, 0.15) is 21.5 Å². The lowest BCUT2D eigenvalue weighted by Crippen LogP contribution is -2.07. The van der Waals surface area contributed by atoms with Crippen LogP contribution in [0, 0.1) is 6.92 Å². The van der Waals surface area contributed by atoms with E-state index in [9.17, 15) is 9.59 Å². The van der Waals surface area contributed by atoms with E-state index in [4.69, 9.17) is 16.3 Å². The van der Waals surface area contributed by atoms with Crippen molar-refractivity contribution < 1.29 is 14.3 Å². The molecule has 0 bridgehead atoms. The quantitative estimate of drug-likeness (QED) is 0.437.